The molecule has 0 radical (unpaired) electrons. The predicted molar refractivity (Wildman–Crippen MR) is 104 cm³/mol. The second kappa shape index (κ2) is 6.81. The first-order valence-corrected chi connectivity index (χ1v) is 8.68. The lowest BCUT2D eigenvalue weighted by Gasteiger charge is -2.06. The molecule has 0 amide bonds. The maximum atomic E-state index is 6.42. The Balaban J connectivity index is 1.55. The summed E-state index contributed by atoms with van der Waals surface area (Å²) in [6, 6.07) is 24.9. The molecule has 0 fully saturated rings. The molecule has 0 aliphatic rings. The van der Waals surface area contributed by atoms with Crippen LogP contribution < -0.4 is 5.73 Å². The first kappa shape index (κ1) is 15.5. The van der Waals surface area contributed by atoms with Crippen molar-refractivity contribution >= 4 is 16.7 Å². The fraction of sp³-hybridized carbons (Fsp3) is 0.136. The van der Waals surface area contributed by atoms with Crippen LogP contribution in [0.5, 0.6) is 0 Å². The number of H-pyrrole nitrogens is 1. The quantitative estimate of drug-likeness (QED) is 0.507. The lowest BCUT2D eigenvalue weighted by Crippen LogP contribution is -1.97. The molecular formula is C22H21N3. The molecule has 124 valence electrons. The first-order chi connectivity index (χ1) is 12.3. The van der Waals surface area contributed by atoms with Crippen molar-refractivity contribution in [2.45, 2.75) is 19.3 Å². The number of aryl methyl sites for hydroxylation is 2. The van der Waals surface area contributed by atoms with Crippen LogP contribution in [0.1, 0.15) is 17.5 Å². The molecule has 4 aromatic rings. The van der Waals surface area contributed by atoms with Gasteiger partial charge in [-0.05, 0) is 36.5 Å². The van der Waals surface area contributed by atoms with Crippen LogP contribution in [0.15, 0.2) is 72.8 Å². The third kappa shape index (κ3) is 3.26. The van der Waals surface area contributed by atoms with Crippen molar-refractivity contribution in [1.82, 2.24) is 9.97 Å². The summed E-state index contributed by atoms with van der Waals surface area (Å²) in [5.74, 6) is 0.865. The molecule has 0 aliphatic heterocycles. The van der Waals surface area contributed by atoms with Gasteiger partial charge in [0.1, 0.15) is 5.82 Å². The summed E-state index contributed by atoms with van der Waals surface area (Å²) in [5, 5.41) is 0. The molecule has 0 spiro atoms. The van der Waals surface area contributed by atoms with Gasteiger partial charge in [-0.1, -0.05) is 66.7 Å². The first-order valence-electron chi connectivity index (χ1n) is 8.68. The van der Waals surface area contributed by atoms with Gasteiger partial charge < -0.3 is 10.7 Å². The monoisotopic (exact) mass is 327 g/mol. The summed E-state index contributed by atoms with van der Waals surface area (Å²) in [6.45, 7) is 0. The zero-order valence-corrected chi connectivity index (χ0v) is 14.1. The van der Waals surface area contributed by atoms with Gasteiger partial charge in [0, 0.05) is 5.56 Å². The molecule has 3 heteroatoms. The van der Waals surface area contributed by atoms with Crippen LogP contribution in [0, 0.1) is 0 Å². The lowest BCUT2D eigenvalue weighted by molar-refractivity contribution is 0.823. The number of nitrogens with one attached hydrogen (secondary N) is 1. The highest BCUT2D eigenvalue weighted by Crippen LogP contribution is 2.27. The summed E-state index contributed by atoms with van der Waals surface area (Å²) in [6.07, 6.45) is 3.12. The van der Waals surface area contributed by atoms with Crippen LogP contribution in [-0.4, -0.2) is 9.97 Å². The fourth-order valence-electron chi connectivity index (χ4n) is 3.22. The van der Waals surface area contributed by atoms with Crippen LogP contribution in [0.25, 0.3) is 22.4 Å². The number of imidazole rings is 1. The number of aromatic amines is 1. The summed E-state index contributed by atoms with van der Waals surface area (Å²) in [7, 11) is 0. The predicted octanol–water partition coefficient (Wildman–Crippen LogP) is 4.99. The minimum Gasteiger partial charge on any atom is -0.397 e. The number of benzene rings is 3. The second-order valence-electron chi connectivity index (χ2n) is 6.32. The summed E-state index contributed by atoms with van der Waals surface area (Å²) < 4.78 is 0. The zero-order chi connectivity index (χ0) is 17.1. The van der Waals surface area contributed by atoms with Crippen molar-refractivity contribution in [1.29, 1.82) is 0 Å². The molecule has 0 atom stereocenters. The van der Waals surface area contributed by atoms with Gasteiger partial charge in [-0.3, -0.25) is 0 Å². The van der Waals surface area contributed by atoms with E-state index in [-0.39, 0.29) is 0 Å². The van der Waals surface area contributed by atoms with Crippen LogP contribution in [-0.2, 0) is 12.8 Å². The number of nitrogens with two attached hydrogens (primary N) is 1. The van der Waals surface area contributed by atoms with Gasteiger partial charge >= 0.3 is 0 Å². The number of nitrogen functional groups attached to an aromatic ring is 1. The van der Waals surface area contributed by atoms with Crippen LogP contribution in [0.2, 0.25) is 0 Å². The Kier molecular flexibility index (Phi) is 4.21. The normalized spacial score (nSPS) is 11.0. The Labute approximate surface area is 147 Å². The van der Waals surface area contributed by atoms with E-state index in [1.165, 1.54) is 11.1 Å². The van der Waals surface area contributed by atoms with E-state index in [9.17, 15) is 0 Å². The Morgan fingerprint density at radius 2 is 1.52 bits per heavy atom. The largest absolute Gasteiger partial charge is 0.397 e. The highest BCUT2D eigenvalue weighted by molar-refractivity contribution is 5.91. The van der Waals surface area contributed by atoms with Crippen molar-refractivity contribution in [2.24, 2.45) is 0 Å². The standard InChI is InChI=1S/C22H21N3/c23-20-17(13-7-10-16-8-3-1-4-9-16)14-15-19-21(20)25-22(24-19)18-11-5-2-6-12-18/h1-6,8-9,11-12,14-15H,7,10,13,23H2,(H,24,25). The number of hydrogen-bond donors (Lipinski definition) is 2. The van der Waals surface area contributed by atoms with Gasteiger partial charge in [0.15, 0.2) is 0 Å². The molecule has 3 nitrogen and oxygen atoms in total. The van der Waals surface area contributed by atoms with Gasteiger partial charge in [0.25, 0.3) is 0 Å². The Morgan fingerprint density at radius 1 is 0.800 bits per heavy atom. The second-order valence-corrected chi connectivity index (χ2v) is 6.32. The molecular weight excluding hydrogens is 306 g/mol. The summed E-state index contributed by atoms with van der Waals surface area (Å²) >= 11 is 0. The van der Waals surface area contributed by atoms with E-state index < -0.39 is 0 Å². The Hall–Kier alpha value is -3.07. The Morgan fingerprint density at radius 3 is 2.28 bits per heavy atom. The number of anilines is 1. The smallest absolute Gasteiger partial charge is 0.138 e. The van der Waals surface area contributed by atoms with Crippen LogP contribution >= 0.6 is 0 Å². The summed E-state index contributed by atoms with van der Waals surface area (Å²) in [5.41, 5.74) is 12.7. The molecule has 0 saturated carbocycles. The molecule has 1 heterocycles. The average molecular weight is 327 g/mol. The number of nitrogens with zero attached hydrogens (tertiary/aromatic N) is 1. The van der Waals surface area contributed by atoms with Crippen LogP contribution in [0.4, 0.5) is 5.69 Å². The number of rotatable bonds is 5. The summed E-state index contributed by atoms with van der Waals surface area (Å²) in [4.78, 5) is 8.07. The van der Waals surface area contributed by atoms with Crippen molar-refractivity contribution < 1.29 is 0 Å². The molecule has 0 aliphatic carbocycles. The maximum Gasteiger partial charge on any atom is 0.138 e. The van der Waals surface area contributed by atoms with Crippen molar-refractivity contribution in [2.75, 3.05) is 5.73 Å². The molecule has 1 aromatic heterocycles. The number of hydrogen-bond acceptors (Lipinski definition) is 2. The molecule has 3 N–H and O–H groups in total. The van der Waals surface area contributed by atoms with E-state index in [0.29, 0.717) is 0 Å². The van der Waals surface area contributed by atoms with Crippen molar-refractivity contribution in [3.05, 3.63) is 83.9 Å². The molecule has 0 bridgehead atoms. The van der Waals surface area contributed by atoms with E-state index in [4.69, 9.17) is 5.73 Å². The van der Waals surface area contributed by atoms with Crippen molar-refractivity contribution in [3.8, 4) is 11.4 Å². The van der Waals surface area contributed by atoms with E-state index in [1.54, 1.807) is 0 Å². The van der Waals surface area contributed by atoms with Crippen LogP contribution in [0.3, 0.4) is 0 Å². The number of aromatic nitrogens is 2. The number of fused-ring (bicyclic) bond motifs is 1. The van der Waals surface area contributed by atoms with Gasteiger partial charge in [0.05, 0.1) is 16.7 Å². The Bertz CT molecular complexity index is 972. The highest BCUT2D eigenvalue weighted by atomic mass is 14.9. The van der Waals surface area contributed by atoms with E-state index >= 15 is 0 Å². The van der Waals surface area contributed by atoms with E-state index in [0.717, 1.165) is 47.4 Å². The van der Waals surface area contributed by atoms with E-state index in [1.807, 2.05) is 18.2 Å². The minimum absolute atomic E-state index is 0.820. The fourth-order valence-corrected chi connectivity index (χ4v) is 3.22. The average Bonchev–Trinajstić information content (AvgIpc) is 3.10. The van der Waals surface area contributed by atoms with Crippen molar-refractivity contribution in [3.63, 3.8) is 0 Å². The van der Waals surface area contributed by atoms with Gasteiger partial charge in [0.2, 0.25) is 0 Å². The SMILES string of the molecule is Nc1c(CCCc2ccccc2)ccc2nc(-c3ccccc3)[nH]c12. The van der Waals surface area contributed by atoms with Gasteiger partial charge in [-0.15, -0.1) is 0 Å². The van der Waals surface area contributed by atoms with Gasteiger partial charge in [-0.2, -0.15) is 0 Å². The highest BCUT2D eigenvalue weighted by Gasteiger charge is 2.10. The molecule has 0 unspecified atom stereocenters. The minimum atomic E-state index is 0.820. The third-order valence-corrected chi connectivity index (χ3v) is 4.59. The molecule has 3 aromatic carbocycles. The molecule has 0 saturated heterocycles. The maximum absolute atomic E-state index is 6.42. The zero-order valence-electron chi connectivity index (χ0n) is 14.1. The topological polar surface area (TPSA) is 54.7 Å². The molecule has 25 heavy (non-hydrogen) atoms. The van der Waals surface area contributed by atoms with Gasteiger partial charge in [-0.25, -0.2) is 4.98 Å². The molecule has 4 rings (SSSR count). The lowest BCUT2D eigenvalue weighted by atomic mass is 10.0. The van der Waals surface area contributed by atoms with E-state index in [2.05, 4.69) is 64.6 Å². The third-order valence-electron chi connectivity index (χ3n) is 4.59.